The van der Waals surface area contributed by atoms with Gasteiger partial charge in [-0.1, -0.05) is 0 Å². The van der Waals surface area contributed by atoms with Crippen molar-refractivity contribution in [3.8, 4) is 0 Å². The Morgan fingerprint density at radius 2 is 0.900 bits per heavy atom. The van der Waals surface area contributed by atoms with E-state index in [0.29, 0.717) is 10.0 Å². The molecule has 10 heteroatoms. The lowest BCUT2D eigenvalue weighted by atomic mass is 10.4. The third-order valence-electron chi connectivity index (χ3n) is 2.74. The largest absolute Gasteiger partial charge is 0.330 e. The molecule has 2 N–H and O–H groups in total. The molecule has 2 fully saturated rings. The van der Waals surface area contributed by atoms with Gasteiger partial charge in [-0.15, -0.1) is 0 Å². The van der Waals surface area contributed by atoms with Crippen LogP contribution in [0.15, 0.2) is 0 Å². The average molecular weight is 282 g/mol. The fraction of sp³-hybridized carbons (Fsp3) is 0.400. The minimum Gasteiger partial charge on any atom is -0.273 e. The molecule has 0 spiro atoms. The lowest BCUT2D eigenvalue weighted by Gasteiger charge is -2.17. The Morgan fingerprint density at radius 1 is 0.650 bits per heavy atom. The van der Waals surface area contributed by atoms with Crippen molar-refractivity contribution in [2.45, 2.75) is 25.7 Å². The van der Waals surface area contributed by atoms with E-state index < -0.39 is 35.4 Å². The minimum absolute atomic E-state index is 0.0518. The summed E-state index contributed by atoms with van der Waals surface area (Å²) in [5.41, 5.74) is 3.63. The molecular weight excluding hydrogens is 272 g/mol. The first-order chi connectivity index (χ1) is 9.40. The zero-order valence-corrected chi connectivity index (χ0v) is 10.2. The first kappa shape index (κ1) is 13.6. The Bertz CT molecular complexity index is 462. The van der Waals surface area contributed by atoms with Gasteiger partial charge in [0, 0.05) is 25.7 Å². The molecule has 2 heterocycles. The molecule has 0 aromatic rings. The van der Waals surface area contributed by atoms with E-state index in [1.807, 2.05) is 10.9 Å². The molecule has 2 rings (SSSR count). The van der Waals surface area contributed by atoms with E-state index in [-0.39, 0.29) is 25.7 Å². The van der Waals surface area contributed by atoms with Crippen molar-refractivity contribution in [1.82, 2.24) is 20.9 Å². The van der Waals surface area contributed by atoms with Crippen LogP contribution in [0.25, 0.3) is 0 Å². The number of hydrazine groups is 2. The summed E-state index contributed by atoms with van der Waals surface area (Å²) in [7, 11) is 0. The van der Waals surface area contributed by atoms with Gasteiger partial charge in [0.1, 0.15) is 0 Å². The molecule has 0 aromatic heterocycles. The molecule has 0 radical (unpaired) electrons. The quantitative estimate of drug-likeness (QED) is 0.419. The third-order valence-corrected chi connectivity index (χ3v) is 2.74. The molecule has 20 heavy (non-hydrogen) atoms. The lowest BCUT2D eigenvalue weighted by Crippen LogP contribution is -2.55. The molecule has 0 bridgehead atoms. The number of hydrogen-bond donors (Lipinski definition) is 2. The molecule has 106 valence electrons. The summed E-state index contributed by atoms with van der Waals surface area (Å²) in [6.45, 7) is 0. The molecule has 0 saturated carbocycles. The van der Waals surface area contributed by atoms with Gasteiger partial charge in [-0.25, -0.2) is 10.9 Å². The van der Waals surface area contributed by atoms with Crippen LogP contribution in [0.4, 0.5) is 0 Å². The number of nitrogens with zero attached hydrogens (tertiary/aromatic N) is 2. The van der Waals surface area contributed by atoms with Crippen molar-refractivity contribution >= 4 is 35.4 Å². The Hall–Kier alpha value is -2.78. The summed E-state index contributed by atoms with van der Waals surface area (Å²) < 4.78 is 0. The zero-order valence-electron chi connectivity index (χ0n) is 10.2. The molecule has 2 aliphatic heterocycles. The van der Waals surface area contributed by atoms with Crippen molar-refractivity contribution in [2.24, 2.45) is 0 Å². The SMILES string of the molecule is O=C(NN1C(=O)CCC1=O)C(=O)NN1C(=O)CCC1=O. The Labute approximate surface area is 112 Å². The molecule has 6 amide bonds. The van der Waals surface area contributed by atoms with Gasteiger partial charge in [0.2, 0.25) is 23.6 Å². The molecule has 0 aromatic carbocycles. The standard InChI is InChI=1S/C10H10N4O6/c15-5-1-2-6(16)13(5)11-9(19)10(20)12-14-7(17)3-4-8(14)18/h1-4H2,(H,11,19)(H,12,20). The summed E-state index contributed by atoms with van der Waals surface area (Å²) in [5.74, 6) is -5.18. The summed E-state index contributed by atoms with van der Waals surface area (Å²) in [6.07, 6.45) is -0.207. The monoisotopic (exact) mass is 282 g/mol. The smallest absolute Gasteiger partial charge is 0.273 e. The van der Waals surface area contributed by atoms with Gasteiger partial charge >= 0.3 is 11.8 Å². The Balaban J connectivity index is 1.94. The van der Waals surface area contributed by atoms with Gasteiger partial charge < -0.3 is 0 Å². The van der Waals surface area contributed by atoms with Gasteiger partial charge in [0.15, 0.2) is 0 Å². The highest BCUT2D eigenvalue weighted by Gasteiger charge is 2.35. The predicted molar refractivity (Wildman–Crippen MR) is 58.5 cm³/mol. The van der Waals surface area contributed by atoms with Crippen molar-refractivity contribution in [3.05, 3.63) is 0 Å². The van der Waals surface area contributed by atoms with E-state index in [2.05, 4.69) is 0 Å². The van der Waals surface area contributed by atoms with Crippen molar-refractivity contribution in [1.29, 1.82) is 0 Å². The van der Waals surface area contributed by atoms with E-state index in [0.717, 1.165) is 0 Å². The van der Waals surface area contributed by atoms with Crippen LogP contribution in [0.1, 0.15) is 25.7 Å². The number of imide groups is 2. The average Bonchev–Trinajstić information content (AvgIpc) is 2.88. The zero-order chi connectivity index (χ0) is 14.9. The van der Waals surface area contributed by atoms with E-state index in [9.17, 15) is 28.8 Å². The van der Waals surface area contributed by atoms with Crippen molar-refractivity contribution in [3.63, 3.8) is 0 Å². The molecular formula is C10H10N4O6. The molecule has 0 unspecified atom stereocenters. The molecule has 10 nitrogen and oxygen atoms in total. The second-order valence-electron chi connectivity index (χ2n) is 4.13. The highest BCUT2D eigenvalue weighted by Crippen LogP contribution is 2.09. The summed E-state index contributed by atoms with van der Waals surface area (Å²) >= 11 is 0. The first-order valence-corrected chi connectivity index (χ1v) is 5.73. The summed E-state index contributed by atoms with van der Waals surface area (Å²) in [4.78, 5) is 67.9. The van der Waals surface area contributed by atoms with Crippen LogP contribution in [-0.4, -0.2) is 45.5 Å². The third kappa shape index (κ3) is 2.48. The molecule has 0 aliphatic carbocycles. The first-order valence-electron chi connectivity index (χ1n) is 5.73. The van der Waals surface area contributed by atoms with Crippen LogP contribution in [0.2, 0.25) is 0 Å². The fourth-order valence-corrected chi connectivity index (χ4v) is 1.71. The number of carbonyl (C=O) groups is 6. The van der Waals surface area contributed by atoms with Crippen LogP contribution in [0, 0.1) is 0 Å². The lowest BCUT2D eigenvalue weighted by molar-refractivity contribution is -0.155. The van der Waals surface area contributed by atoms with Gasteiger partial charge in [-0.2, -0.15) is 10.0 Å². The number of rotatable bonds is 2. The fourth-order valence-electron chi connectivity index (χ4n) is 1.71. The molecule has 0 atom stereocenters. The maximum absolute atomic E-state index is 11.5. The highest BCUT2D eigenvalue weighted by atomic mass is 16.2. The maximum atomic E-state index is 11.5. The van der Waals surface area contributed by atoms with Gasteiger partial charge in [0.05, 0.1) is 0 Å². The van der Waals surface area contributed by atoms with Crippen molar-refractivity contribution < 1.29 is 28.8 Å². The van der Waals surface area contributed by atoms with E-state index in [1.54, 1.807) is 0 Å². The van der Waals surface area contributed by atoms with E-state index in [1.165, 1.54) is 0 Å². The number of hydrogen-bond acceptors (Lipinski definition) is 6. The summed E-state index contributed by atoms with van der Waals surface area (Å²) in [6, 6.07) is 0. The molecule has 2 saturated heterocycles. The van der Waals surface area contributed by atoms with Crippen molar-refractivity contribution in [2.75, 3.05) is 0 Å². The highest BCUT2D eigenvalue weighted by molar-refractivity contribution is 6.36. The Morgan fingerprint density at radius 3 is 1.15 bits per heavy atom. The normalized spacial score (nSPS) is 18.8. The topological polar surface area (TPSA) is 133 Å². The molecule has 2 aliphatic rings. The minimum atomic E-state index is -1.32. The van der Waals surface area contributed by atoms with E-state index >= 15 is 0 Å². The summed E-state index contributed by atoms with van der Waals surface area (Å²) in [5, 5.41) is 0.880. The number of carbonyl (C=O) groups excluding carboxylic acids is 6. The Kier molecular flexibility index (Phi) is 3.46. The van der Waals surface area contributed by atoms with Crippen LogP contribution < -0.4 is 10.9 Å². The van der Waals surface area contributed by atoms with Crippen LogP contribution in [0.3, 0.4) is 0 Å². The second kappa shape index (κ2) is 5.07. The maximum Gasteiger partial charge on any atom is 0.330 e. The number of nitrogens with one attached hydrogen (secondary N) is 2. The second-order valence-corrected chi connectivity index (χ2v) is 4.13. The van der Waals surface area contributed by atoms with Crippen LogP contribution in [-0.2, 0) is 28.8 Å². The van der Waals surface area contributed by atoms with Crippen LogP contribution in [0.5, 0.6) is 0 Å². The van der Waals surface area contributed by atoms with Gasteiger partial charge in [0.25, 0.3) is 0 Å². The van der Waals surface area contributed by atoms with E-state index in [4.69, 9.17) is 0 Å². The van der Waals surface area contributed by atoms with Gasteiger partial charge in [-0.3, -0.25) is 28.8 Å². The number of amides is 6. The van der Waals surface area contributed by atoms with Gasteiger partial charge in [-0.05, 0) is 0 Å². The predicted octanol–water partition coefficient (Wildman–Crippen LogP) is -2.65. The van der Waals surface area contributed by atoms with Crippen LogP contribution >= 0.6 is 0 Å².